The highest BCUT2D eigenvalue weighted by Gasteiger charge is 2.18. The molecular formula is C15H21ClN4O3. The number of aromatic hydroxyl groups is 2. The minimum atomic E-state index is -0.0789. The molecule has 8 heteroatoms. The molecule has 1 aromatic carbocycles. The fourth-order valence-electron chi connectivity index (χ4n) is 2.49. The summed E-state index contributed by atoms with van der Waals surface area (Å²) in [4.78, 5) is 13.0. The van der Waals surface area contributed by atoms with Crippen molar-refractivity contribution in [3.05, 3.63) is 42.2 Å². The van der Waals surface area contributed by atoms with E-state index in [0.717, 1.165) is 44.2 Å². The van der Waals surface area contributed by atoms with Crippen molar-refractivity contribution >= 4 is 18.4 Å². The van der Waals surface area contributed by atoms with Gasteiger partial charge in [0.25, 0.3) is 0 Å². The van der Waals surface area contributed by atoms with Crippen LogP contribution < -0.4 is 4.90 Å². The molecule has 4 N–H and O–H groups in total. The lowest BCUT2D eigenvalue weighted by molar-refractivity contribution is 0.248. The molecule has 2 aromatic rings. The van der Waals surface area contributed by atoms with E-state index < -0.39 is 0 Å². The minimum absolute atomic E-state index is 0. The third kappa shape index (κ3) is 4.69. The number of rotatable bonds is 3. The van der Waals surface area contributed by atoms with Crippen LogP contribution in [0.2, 0.25) is 0 Å². The van der Waals surface area contributed by atoms with E-state index >= 15 is 0 Å². The molecule has 7 nitrogen and oxygen atoms in total. The summed E-state index contributed by atoms with van der Waals surface area (Å²) in [7, 11) is 0. The number of phenols is 2. The normalized spacial score (nSPS) is 14.7. The van der Waals surface area contributed by atoms with Crippen LogP contribution in [0.4, 0.5) is 5.95 Å². The first kappa shape index (κ1) is 19.0. The summed E-state index contributed by atoms with van der Waals surface area (Å²) in [5, 5.41) is 18.9. The van der Waals surface area contributed by atoms with Crippen molar-refractivity contribution in [3.63, 3.8) is 0 Å². The zero-order chi connectivity index (χ0) is 14.7. The highest BCUT2D eigenvalue weighted by molar-refractivity contribution is 5.85. The Bertz CT molecular complexity index is 607. The number of hydrogen-bond donors (Lipinski definition) is 2. The second kappa shape index (κ2) is 8.52. The predicted octanol–water partition coefficient (Wildman–Crippen LogP) is 0.807. The fraction of sp³-hybridized carbons (Fsp3) is 0.333. The standard InChI is InChI=1S/C15H18N4O2.ClH.H2O/c20-13-3-2-12(10-14(13)21)11-18-6-8-19(9-7-18)15-16-4-1-5-17-15;;/h1-5,10,20-21H,6-9,11H2;1H;1H2. The minimum Gasteiger partial charge on any atom is -0.504 e. The van der Waals surface area contributed by atoms with Crippen molar-refractivity contribution < 1.29 is 15.7 Å². The van der Waals surface area contributed by atoms with Gasteiger partial charge in [0.15, 0.2) is 11.5 Å². The summed E-state index contributed by atoms with van der Waals surface area (Å²) in [5.74, 6) is 0.632. The third-order valence-corrected chi connectivity index (χ3v) is 3.65. The van der Waals surface area contributed by atoms with Crippen LogP contribution in [-0.4, -0.2) is 56.7 Å². The van der Waals surface area contributed by atoms with Crippen molar-refractivity contribution in [2.75, 3.05) is 31.1 Å². The number of anilines is 1. The quantitative estimate of drug-likeness (QED) is 0.801. The van der Waals surface area contributed by atoms with Crippen molar-refractivity contribution in [2.45, 2.75) is 6.54 Å². The van der Waals surface area contributed by atoms with E-state index in [1.54, 1.807) is 18.5 Å². The van der Waals surface area contributed by atoms with Crippen LogP contribution in [0.15, 0.2) is 36.7 Å². The summed E-state index contributed by atoms with van der Waals surface area (Å²) in [6.07, 6.45) is 3.52. The zero-order valence-corrected chi connectivity index (χ0v) is 13.4. The number of benzene rings is 1. The molecule has 23 heavy (non-hydrogen) atoms. The van der Waals surface area contributed by atoms with Crippen LogP contribution in [0, 0.1) is 0 Å². The van der Waals surface area contributed by atoms with Gasteiger partial charge in [0.2, 0.25) is 5.95 Å². The summed E-state index contributed by atoms with van der Waals surface area (Å²) in [6, 6.07) is 6.79. The van der Waals surface area contributed by atoms with E-state index in [0.29, 0.717) is 0 Å². The Hall–Kier alpha value is -2.09. The van der Waals surface area contributed by atoms with E-state index in [9.17, 15) is 10.2 Å². The lowest BCUT2D eigenvalue weighted by Crippen LogP contribution is -2.46. The molecule has 0 aliphatic carbocycles. The molecule has 0 atom stereocenters. The summed E-state index contributed by atoms with van der Waals surface area (Å²) in [6.45, 7) is 4.36. The molecule has 0 bridgehead atoms. The summed E-state index contributed by atoms with van der Waals surface area (Å²) in [5.41, 5.74) is 0.995. The SMILES string of the molecule is Cl.O.Oc1ccc(CN2CCN(c3ncccn3)CC2)cc1O. The van der Waals surface area contributed by atoms with Gasteiger partial charge >= 0.3 is 0 Å². The van der Waals surface area contributed by atoms with Gasteiger partial charge in [0, 0.05) is 45.1 Å². The molecule has 0 saturated carbocycles. The first-order valence-electron chi connectivity index (χ1n) is 6.97. The van der Waals surface area contributed by atoms with Crippen LogP contribution in [0.1, 0.15) is 5.56 Å². The lowest BCUT2D eigenvalue weighted by Gasteiger charge is -2.34. The fourth-order valence-corrected chi connectivity index (χ4v) is 2.49. The van der Waals surface area contributed by atoms with E-state index in [1.165, 1.54) is 6.07 Å². The smallest absolute Gasteiger partial charge is 0.225 e. The van der Waals surface area contributed by atoms with Crippen molar-refractivity contribution in [3.8, 4) is 11.5 Å². The molecule has 1 aliphatic heterocycles. The van der Waals surface area contributed by atoms with E-state index in [4.69, 9.17) is 0 Å². The molecule has 0 unspecified atom stereocenters. The molecule has 1 aliphatic rings. The zero-order valence-electron chi connectivity index (χ0n) is 12.6. The van der Waals surface area contributed by atoms with Gasteiger partial charge < -0.3 is 20.6 Å². The third-order valence-electron chi connectivity index (χ3n) is 3.65. The largest absolute Gasteiger partial charge is 0.504 e. The van der Waals surface area contributed by atoms with E-state index in [1.807, 2.05) is 12.1 Å². The molecule has 126 valence electrons. The molecule has 0 amide bonds. The molecular weight excluding hydrogens is 320 g/mol. The highest BCUT2D eigenvalue weighted by atomic mass is 35.5. The topological polar surface area (TPSA) is 104 Å². The molecule has 0 spiro atoms. The Labute approximate surface area is 140 Å². The van der Waals surface area contributed by atoms with Gasteiger partial charge in [-0.2, -0.15) is 0 Å². The maximum atomic E-state index is 9.53. The van der Waals surface area contributed by atoms with Crippen LogP contribution >= 0.6 is 12.4 Å². The molecule has 1 fully saturated rings. The van der Waals surface area contributed by atoms with Gasteiger partial charge in [-0.25, -0.2) is 9.97 Å². The Balaban J connectivity index is 0.00000132. The van der Waals surface area contributed by atoms with Gasteiger partial charge in [-0.1, -0.05) is 6.07 Å². The first-order chi connectivity index (χ1) is 10.2. The summed E-state index contributed by atoms with van der Waals surface area (Å²) < 4.78 is 0. The average molecular weight is 341 g/mol. The van der Waals surface area contributed by atoms with Crippen molar-refractivity contribution in [1.82, 2.24) is 14.9 Å². The number of aromatic nitrogens is 2. The predicted molar refractivity (Wildman–Crippen MR) is 90.2 cm³/mol. The maximum absolute atomic E-state index is 9.53. The lowest BCUT2D eigenvalue weighted by atomic mass is 10.1. The Kier molecular flexibility index (Phi) is 7.02. The van der Waals surface area contributed by atoms with Crippen molar-refractivity contribution in [1.29, 1.82) is 0 Å². The number of piperazine rings is 1. The van der Waals surface area contributed by atoms with Gasteiger partial charge in [-0.05, 0) is 23.8 Å². The van der Waals surface area contributed by atoms with Gasteiger partial charge in [0.05, 0.1) is 0 Å². The monoisotopic (exact) mass is 340 g/mol. The number of hydrogen-bond acceptors (Lipinski definition) is 6. The summed E-state index contributed by atoms with van der Waals surface area (Å²) >= 11 is 0. The van der Waals surface area contributed by atoms with Gasteiger partial charge in [-0.3, -0.25) is 4.90 Å². The van der Waals surface area contributed by atoms with Crippen molar-refractivity contribution in [2.24, 2.45) is 0 Å². The maximum Gasteiger partial charge on any atom is 0.225 e. The average Bonchev–Trinajstić information content (AvgIpc) is 2.53. The molecule has 3 rings (SSSR count). The Morgan fingerprint density at radius 3 is 2.22 bits per heavy atom. The molecule has 2 heterocycles. The second-order valence-electron chi connectivity index (χ2n) is 5.14. The van der Waals surface area contributed by atoms with E-state index in [2.05, 4.69) is 19.8 Å². The first-order valence-corrected chi connectivity index (χ1v) is 6.97. The van der Waals surface area contributed by atoms with Gasteiger partial charge in [-0.15, -0.1) is 12.4 Å². The Morgan fingerprint density at radius 1 is 0.957 bits per heavy atom. The number of nitrogens with zero attached hydrogens (tertiary/aromatic N) is 4. The highest BCUT2D eigenvalue weighted by Crippen LogP contribution is 2.25. The van der Waals surface area contributed by atoms with Crippen LogP contribution in [-0.2, 0) is 6.54 Å². The molecule has 1 aromatic heterocycles. The van der Waals surface area contributed by atoms with Crippen LogP contribution in [0.3, 0.4) is 0 Å². The van der Waals surface area contributed by atoms with Crippen LogP contribution in [0.5, 0.6) is 11.5 Å². The number of halogens is 1. The molecule has 1 saturated heterocycles. The molecule has 0 radical (unpaired) electrons. The second-order valence-corrected chi connectivity index (χ2v) is 5.14. The number of phenolic OH excluding ortho intramolecular Hbond substituents is 2. The van der Waals surface area contributed by atoms with Gasteiger partial charge in [0.1, 0.15) is 0 Å². The van der Waals surface area contributed by atoms with E-state index in [-0.39, 0.29) is 29.4 Å². The Morgan fingerprint density at radius 2 is 1.61 bits per heavy atom. The van der Waals surface area contributed by atoms with Crippen LogP contribution in [0.25, 0.3) is 0 Å².